The van der Waals surface area contributed by atoms with Crippen LogP contribution in [-0.4, -0.2) is 33.8 Å². The van der Waals surface area contributed by atoms with Crippen molar-refractivity contribution in [3.8, 4) is 22.9 Å². The molecule has 2 heterocycles. The molecule has 4 aromatic rings. The third-order valence-electron chi connectivity index (χ3n) is 4.60. The molecule has 2 aromatic carbocycles. The molecular formula is C21H20BrN5O2. The van der Waals surface area contributed by atoms with E-state index in [9.17, 15) is 0 Å². The first-order valence-electron chi connectivity index (χ1n) is 8.99. The molecule has 0 unspecified atom stereocenters. The van der Waals surface area contributed by atoms with Gasteiger partial charge in [0.05, 0.1) is 25.6 Å². The molecule has 0 saturated carbocycles. The van der Waals surface area contributed by atoms with E-state index in [1.54, 1.807) is 14.2 Å². The van der Waals surface area contributed by atoms with Crippen LogP contribution < -0.4 is 14.8 Å². The third kappa shape index (κ3) is 3.51. The number of rotatable bonds is 5. The zero-order chi connectivity index (χ0) is 20.5. The maximum Gasteiger partial charge on any atom is 0.182 e. The molecular weight excluding hydrogens is 434 g/mol. The van der Waals surface area contributed by atoms with E-state index in [1.807, 2.05) is 60.8 Å². The lowest BCUT2D eigenvalue weighted by molar-refractivity contribution is 0.355. The minimum Gasteiger partial charge on any atom is -0.493 e. The van der Waals surface area contributed by atoms with E-state index in [4.69, 9.17) is 19.6 Å². The van der Waals surface area contributed by atoms with Crippen molar-refractivity contribution in [3.05, 3.63) is 58.5 Å². The van der Waals surface area contributed by atoms with Gasteiger partial charge in [0.2, 0.25) is 0 Å². The van der Waals surface area contributed by atoms with Gasteiger partial charge in [0.25, 0.3) is 0 Å². The van der Waals surface area contributed by atoms with Crippen LogP contribution in [0.4, 0.5) is 11.5 Å². The molecule has 0 aliphatic carbocycles. The lowest BCUT2D eigenvalue weighted by Gasteiger charge is -2.13. The van der Waals surface area contributed by atoms with Gasteiger partial charge in [-0.1, -0.05) is 12.1 Å². The quantitative estimate of drug-likeness (QED) is 0.461. The second-order valence-electron chi connectivity index (χ2n) is 6.46. The molecule has 29 heavy (non-hydrogen) atoms. The summed E-state index contributed by atoms with van der Waals surface area (Å²) in [6.45, 7) is 3.88. The molecule has 0 radical (unpaired) electrons. The average molecular weight is 454 g/mol. The van der Waals surface area contributed by atoms with Gasteiger partial charge in [0.1, 0.15) is 11.3 Å². The van der Waals surface area contributed by atoms with E-state index in [1.165, 1.54) is 0 Å². The number of fused-ring (bicyclic) bond motifs is 1. The summed E-state index contributed by atoms with van der Waals surface area (Å²) in [6, 6.07) is 13.5. The van der Waals surface area contributed by atoms with E-state index in [0.717, 1.165) is 32.8 Å². The number of ether oxygens (including phenoxy) is 2. The van der Waals surface area contributed by atoms with Crippen LogP contribution in [0.25, 0.3) is 16.9 Å². The zero-order valence-electron chi connectivity index (χ0n) is 16.5. The van der Waals surface area contributed by atoms with Crippen LogP contribution in [0.1, 0.15) is 11.5 Å². The average Bonchev–Trinajstić information content (AvgIpc) is 3.03. The highest BCUT2D eigenvalue weighted by molar-refractivity contribution is 9.10. The van der Waals surface area contributed by atoms with Crippen LogP contribution in [0.2, 0.25) is 0 Å². The van der Waals surface area contributed by atoms with Gasteiger partial charge in [0, 0.05) is 10.0 Å². The molecule has 2 aromatic heterocycles. The second-order valence-corrected chi connectivity index (χ2v) is 7.32. The summed E-state index contributed by atoms with van der Waals surface area (Å²) in [7, 11) is 3.21. The van der Waals surface area contributed by atoms with E-state index < -0.39 is 0 Å². The van der Waals surface area contributed by atoms with Gasteiger partial charge >= 0.3 is 0 Å². The van der Waals surface area contributed by atoms with Crippen molar-refractivity contribution >= 4 is 33.0 Å². The fraction of sp³-hybridized carbons (Fsp3) is 0.190. The highest BCUT2D eigenvalue weighted by Crippen LogP contribution is 2.33. The van der Waals surface area contributed by atoms with Gasteiger partial charge in [-0.3, -0.25) is 0 Å². The smallest absolute Gasteiger partial charge is 0.182 e. The molecule has 0 aliphatic heterocycles. The zero-order valence-corrected chi connectivity index (χ0v) is 18.1. The molecule has 148 valence electrons. The Morgan fingerprint density at radius 2 is 1.72 bits per heavy atom. The van der Waals surface area contributed by atoms with E-state index in [2.05, 4.69) is 26.2 Å². The Morgan fingerprint density at radius 3 is 2.45 bits per heavy atom. The molecule has 4 rings (SSSR count). The largest absolute Gasteiger partial charge is 0.493 e. The summed E-state index contributed by atoms with van der Waals surface area (Å²) in [6.07, 6.45) is 0. The molecule has 0 spiro atoms. The normalized spacial score (nSPS) is 10.9. The Labute approximate surface area is 176 Å². The number of hydrogen-bond donors (Lipinski definition) is 1. The number of aromatic nitrogens is 4. The summed E-state index contributed by atoms with van der Waals surface area (Å²) in [4.78, 5) is 9.39. The van der Waals surface area contributed by atoms with E-state index >= 15 is 0 Å². The van der Waals surface area contributed by atoms with Crippen LogP contribution in [0.15, 0.2) is 46.9 Å². The molecule has 0 bridgehead atoms. The van der Waals surface area contributed by atoms with Crippen LogP contribution in [0.5, 0.6) is 11.5 Å². The van der Waals surface area contributed by atoms with Crippen molar-refractivity contribution in [3.63, 3.8) is 0 Å². The number of imidazole rings is 1. The standard InChI is InChI=1S/C21H20BrN5O2/c1-12-19-21(24-16-8-6-5-7-15(16)22)25-20(26-27(19)13(2)23-12)14-9-10-17(28-3)18(11-14)29-4/h5-11H,1-4H3,(H,24,25,26). The topological polar surface area (TPSA) is 73.6 Å². The van der Waals surface area contributed by atoms with Gasteiger partial charge in [0.15, 0.2) is 23.1 Å². The number of nitrogens with one attached hydrogen (secondary N) is 1. The van der Waals surface area contributed by atoms with Crippen molar-refractivity contribution in [1.29, 1.82) is 0 Å². The Kier molecular flexibility index (Phi) is 5.10. The predicted octanol–water partition coefficient (Wildman–Crippen LogP) is 4.93. The Hall–Kier alpha value is -3.13. The molecule has 7 nitrogen and oxygen atoms in total. The summed E-state index contributed by atoms with van der Waals surface area (Å²) in [5, 5.41) is 8.13. The monoisotopic (exact) mass is 453 g/mol. The maximum absolute atomic E-state index is 5.43. The lowest BCUT2D eigenvalue weighted by atomic mass is 10.2. The predicted molar refractivity (Wildman–Crippen MR) is 116 cm³/mol. The number of anilines is 2. The molecule has 0 atom stereocenters. The fourth-order valence-electron chi connectivity index (χ4n) is 3.20. The summed E-state index contributed by atoms with van der Waals surface area (Å²) < 4.78 is 13.5. The van der Waals surface area contributed by atoms with Gasteiger partial charge in [-0.25, -0.2) is 14.5 Å². The van der Waals surface area contributed by atoms with Gasteiger partial charge in [-0.15, -0.1) is 5.10 Å². The van der Waals surface area contributed by atoms with E-state index in [0.29, 0.717) is 23.1 Å². The second kappa shape index (κ2) is 7.71. The van der Waals surface area contributed by atoms with Gasteiger partial charge in [-0.2, -0.15) is 0 Å². The highest BCUT2D eigenvalue weighted by Gasteiger charge is 2.17. The minimum absolute atomic E-state index is 0.550. The maximum atomic E-state index is 5.43. The Bertz CT molecular complexity index is 1210. The number of methoxy groups -OCH3 is 2. The molecule has 0 fully saturated rings. The third-order valence-corrected chi connectivity index (χ3v) is 5.29. The van der Waals surface area contributed by atoms with Crippen LogP contribution in [-0.2, 0) is 0 Å². The minimum atomic E-state index is 0.550. The first-order chi connectivity index (χ1) is 14.0. The summed E-state index contributed by atoms with van der Waals surface area (Å²) in [5.41, 5.74) is 3.41. The van der Waals surface area contributed by atoms with E-state index in [-0.39, 0.29) is 0 Å². The van der Waals surface area contributed by atoms with Crippen molar-refractivity contribution in [2.45, 2.75) is 13.8 Å². The number of aryl methyl sites for hydroxylation is 2. The van der Waals surface area contributed by atoms with Crippen LogP contribution >= 0.6 is 15.9 Å². The van der Waals surface area contributed by atoms with Crippen molar-refractivity contribution in [2.24, 2.45) is 0 Å². The first kappa shape index (κ1) is 19.2. The highest BCUT2D eigenvalue weighted by atomic mass is 79.9. The first-order valence-corrected chi connectivity index (χ1v) is 9.79. The number of halogens is 1. The summed E-state index contributed by atoms with van der Waals surface area (Å²) in [5.74, 6) is 3.28. The molecule has 1 N–H and O–H groups in total. The molecule has 0 amide bonds. The molecule has 0 aliphatic rings. The van der Waals surface area contributed by atoms with Crippen molar-refractivity contribution in [2.75, 3.05) is 19.5 Å². The van der Waals surface area contributed by atoms with Gasteiger partial charge < -0.3 is 14.8 Å². The SMILES string of the molecule is COc1ccc(-c2nc(Nc3ccccc3Br)c3c(C)nc(C)n3n2)cc1OC. The number of para-hydroxylation sites is 1. The molecule has 8 heteroatoms. The number of benzene rings is 2. The summed E-state index contributed by atoms with van der Waals surface area (Å²) >= 11 is 3.58. The Morgan fingerprint density at radius 1 is 0.966 bits per heavy atom. The van der Waals surface area contributed by atoms with Gasteiger partial charge in [-0.05, 0) is 60.1 Å². The van der Waals surface area contributed by atoms with Crippen molar-refractivity contribution in [1.82, 2.24) is 19.6 Å². The molecule has 0 saturated heterocycles. The Balaban J connectivity index is 1.90. The fourth-order valence-corrected chi connectivity index (χ4v) is 3.59. The van der Waals surface area contributed by atoms with Crippen molar-refractivity contribution < 1.29 is 9.47 Å². The van der Waals surface area contributed by atoms with Crippen LogP contribution in [0.3, 0.4) is 0 Å². The van der Waals surface area contributed by atoms with Crippen LogP contribution in [0, 0.1) is 13.8 Å². The number of hydrogen-bond acceptors (Lipinski definition) is 6. The lowest BCUT2D eigenvalue weighted by Crippen LogP contribution is -2.05. The number of nitrogens with zero attached hydrogens (tertiary/aromatic N) is 4.